The molecule has 7 nitrogen and oxygen atoms in total. The van der Waals surface area contributed by atoms with E-state index in [9.17, 15) is 23.1 Å². The molecule has 0 unspecified atom stereocenters. The van der Waals surface area contributed by atoms with Crippen LogP contribution < -0.4 is 10.2 Å². The summed E-state index contributed by atoms with van der Waals surface area (Å²) in [6.45, 7) is 3.24. The third-order valence-electron chi connectivity index (χ3n) is 7.79. The molecule has 1 atom stereocenters. The number of rotatable bonds is 7. The maximum absolute atomic E-state index is 13.5. The maximum Gasteiger partial charge on any atom is 0.416 e. The van der Waals surface area contributed by atoms with Gasteiger partial charge in [-0.1, -0.05) is 6.92 Å². The highest BCUT2D eigenvalue weighted by Gasteiger charge is 2.42. The van der Waals surface area contributed by atoms with E-state index in [4.69, 9.17) is 9.47 Å². The molecule has 1 N–H and O–H groups in total. The van der Waals surface area contributed by atoms with E-state index in [1.807, 2.05) is 22.5 Å². The van der Waals surface area contributed by atoms with E-state index in [2.05, 4.69) is 11.9 Å². The van der Waals surface area contributed by atoms with Gasteiger partial charge in [0.05, 0.1) is 29.4 Å². The van der Waals surface area contributed by atoms with Crippen molar-refractivity contribution in [3.8, 4) is 5.75 Å². The van der Waals surface area contributed by atoms with E-state index < -0.39 is 23.2 Å². The summed E-state index contributed by atoms with van der Waals surface area (Å²) in [6, 6.07) is 4.65. The number of carbonyl (C=O) groups is 1. The summed E-state index contributed by atoms with van der Waals surface area (Å²) in [4.78, 5) is 17.7. The summed E-state index contributed by atoms with van der Waals surface area (Å²) in [6.07, 6.45) is 1.22. The van der Waals surface area contributed by atoms with Gasteiger partial charge >= 0.3 is 6.18 Å². The molecule has 0 radical (unpaired) electrons. The molecule has 2 heterocycles. The summed E-state index contributed by atoms with van der Waals surface area (Å²) < 4.78 is 55.7. The lowest BCUT2D eigenvalue weighted by Crippen LogP contribution is -2.42. The molecular formula is C26H32F3N3O4. The molecule has 1 amide bonds. The van der Waals surface area contributed by atoms with Gasteiger partial charge in [-0.25, -0.2) is 0 Å². The zero-order chi connectivity index (χ0) is 25.7. The standard InChI is InChI=1S/C26H32F3N3O4/c1-24(10-11-24)21-14-22(32(31(21)2)15-18-5-3-12-35-18)30-23(33)19-13-17(26(27,28)29)6-7-20(19)36-16-25(34)8-4-9-25/h6-7,13-14,18,34H,3-5,8-12,15-16H2,1-2H3/b30-22+/t18-/m1/s1. The fourth-order valence-electron chi connectivity index (χ4n) is 4.97. The van der Waals surface area contributed by atoms with E-state index in [1.165, 1.54) is 0 Å². The van der Waals surface area contributed by atoms with Crippen molar-refractivity contribution in [1.82, 2.24) is 9.36 Å². The molecule has 2 aromatic rings. The number of carbonyl (C=O) groups excluding carboxylic acids is 1. The first-order valence-corrected chi connectivity index (χ1v) is 12.5. The zero-order valence-electron chi connectivity index (χ0n) is 20.6. The van der Waals surface area contributed by atoms with Gasteiger partial charge in [0.2, 0.25) is 0 Å². The molecule has 3 aliphatic rings. The number of benzene rings is 1. The van der Waals surface area contributed by atoms with Crippen LogP contribution in [0.3, 0.4) is 0 Å². The van der Waals surface area contributed by atoms with Crippen molar-refractivity contribution in [2.75, 3.05) is 13.2 Å². The van der Waals surface area contributed by atoms with Gasteiger partial charge in [-0.05, 0) is 63.1 Å². The lowest BCUT2D eigenvalue weighted by molar-refractivity contribution is -0.137. The van der Waals surface area contributed by atoms with Crippen molar-refractivity contribution in [2.45, 2.75) is 81.7 Å². The third-order valence-corrected chi connectivity index (χ3v) is 7.79. The van der Waals surface area contributed by atoms with Crippen molar-refractivity contribution < 1.29 is 32.5 Å². The van der Waals surface area contributed by atoms with Crippen LogP contribution in [0.4, 0.5) is 13.2 Å². The quantitative estimate of drug-likeness (QED) is 0.612. The van der Waals surface area contributed by atoms with Gasteiger partial charge in [0.15, 0.2) is 5.49 Å². The second kappa shape index (κ2) is 9.06. The van der Waals surface area contributed by atoms with E-state index in [-0.39, 0.29) is 29.4 Å². The topological polar surface area (TPSA) is 78.0 Å². The molecule has 1 aromatic carbocycles. The fourth-order valence-corrected chi connectivity index (χ4v) is 4.97. The Balaban J connectivity index is 1.53. The Morgan fingerprint density at radius 1 is 1.22 bits per heavy atom. The average molecular weight is 508 g/mol. The summed E-state index contributed by atoms with van der Waals surface area (Å²) in [5.74, 6) is -0.844. The van der Waals surface area contributed by atoms with Crippen LogP contribution >= 0.6 is 0 Å². The Hall–Kier alpha value is -2.59. The van der Waals surface area contributed by atoms with Gasteiger partial charge in [0, 0.05) is 30.8 Å². The predicted octanol–water partition coefficient (Wildman–Crippen LogP) is 4.11. The van der Waals surface area contributed by atoms with E-state index in [0.29, 0.717) is 31.5 Å². The van der Waals surface area contributed by atoms with Crippen LogP contribution in [0.1, 0.15) is 73.5 Å². The molecule has 196 valence electrons. The van der Waals surface area contributed by atoms with Crippen molar-refractivity contribution in [3.63, 3.8) is 0 Å². The second-order valence-corrected chi connectivity index (χ2v) is 10.7. The van der Waals surface area contributed by atoms with Gasteiger partial charge in [-0.15, -0.1) is 0 Å². The van der Waals surface area contributed by atoms with Gasteiger partial charge in [-0.3, -0.25) is 14.2 Å². The van der Waals surface area contributed by atoms with E-state index in [1.54, 1.807) is 0 Å². The number of aromatic nitrogens is 2. The predicted molar refractivity (Wildman–Crippen MR) is 125 cm³/mol. The van der Waals surface area contributed by atoms with Gasteiger partial charge in [-0.2, -0.15) is 18.2 Å². The van der Waals surface area contributed by atoms with Crippen LogP contribution in [0.15, 0.2) is 29.3 Å². The minimum atomic E-state index is -4.63. The van der Waals surface area contributed by atoms with E-state index >= 15 is 0 Å². The maximum atomic E-state index is 13.5. The first-order chi connectivity index (χ1) is 17.0. The fraction of sp³-hybridized carbons (Fsp3) is 0.615. The molecule has 3 fully saturated rings. The summed E-state index contributed by atoms with van der Waals surface area (Å²) in [7, 11) is 1.91. The van der Waals surface area contributed by atoms with Crippen LogP contribution in [0.5, 0.6) is 5.75 Å². The average Bonchev–Trinajstić information content (AvgIpc) is 3.21. The SMILES string of the molecule is Cn1c(C2(C)CC2)c/c(=N\C(=O)c2cc(C(F)(F)F)ccc2OCC2(O)CCC2)n1C[C@H]1CCCO1. The molecule has 5 rings (SSSR count). The van der Waals surface area contributed by atoms with E-state index in [0.717, 1.165) is 56.0 Å². The van der Waals surface area contributed by atoms with Crippen molar-refractivity contribution in [2.24, 2.45) is 12.0 Å². The largest absolute Gasteiger partial charge is 0.490 e. The van der Waals surface area contributed by atoms with Crippen LogP contribution in [-0.4, -0.2) is 45.3 Å². The molecular weight excluding hydrogens is 475 g/mol. The number of nitrogens with zero attached hydrogens (tertiary/aromatic N) is 3. The molecule has 0 bridgehead atoms. The van der Waals surface area contributed by atoms with Crippen LogP contribution in [-0.2, 0) is 29.9 Å². The monoisotopic (exact) mass is 507 g/mol. The number of hydrogen-bond acceptors (Lipinski definition) is 4. The normalized spacial score (nSPS) is 22.9. The lowest BCUT2D eigenvalue weighted by atomic mass is 9.81. The minimum Gasteiger partial charge on any atom is -0.490 e. The molecule has 1 saturated heterocycles. The molecule has 2 saturated carbocycles. The van der Waals surface area contributed by atoms with Crippen molar-refractivity contribution >= 4 is 5.91 Å². The Morgan fingerprint density at radius 2 is 1.97 bits per heavy atom. The number of halogens is 3. The smallest absolute Gasteiger partial charge is 0.416 e. The summed E-state index contributed by atoms with van der Waals surface area (Å²) in [5, 5.41) is 10.4. The Bertz CT molecular complexity index is 1220. The van der Waals surface area contributed by atoms with Crippen LogP contribution in [0.2, 0.25) is 0 Å². The highest BCUT2D eigenvalue weighted by Crippen LogP contribution is 2.47. The molecule has 1 aliphatic heterocycles. The van der Waals surface area contributed by atoms with Crippen molar-refractivity contribution in [1.29, 1.82) is 0 Å². The third kappa shape index (κ3) is 4.98. The second-order valence-electron chi connectivity index (χ2n) is 10.7. The lowest BCUT2D eigenvalue weighted by Gasteiger charge is -2.36. The van der Waals surface area contributed by atoms with Gasteiger partial charge in [0.1, 0.15) is 12.4 Å². The van der Waals surface area contributed by atoms with Gasteiger partial charge in [0.25, 0.3) is 5.91 Å². The molecule has 36 heavy (non-hydrogen) atoms. The first kappa shape index (κ1) is 25.1. The van der Waals surface area contributed by atoms with Crippen LogP contribution in [0, 0.1) is 0 Å². The number of alkyl halides is 3. The Morgan fingerprint density at radius 3 is 2.56 bits per heavy atom. The van der Waals surface area contributed by atoms with Crippen molar-refractivity contribution in [3.05, 3.63) is 46.6 Å². The number of hydrogen-bond donors (Lipinski definition) is 1. The zero-order valence-corrected chi connectivity index (χ0v) is 20.6. The number of aliphatic hydroxyl groups is 1. The highest BCUT2D eigenvalue weighted by molar-refractivity contribution is 5.97. The number of ether oxygens (including phenoxy) is 2. The molecule has 0 spiro atoms. The molecule has 1 aromatic heterocycles. The Labute approximate surface area is 207 Å². The summed E-state index contributed by atoms with van der Waals surface area (Å²) in [5.41, 5.74) is -0.853. The van der Waals surface area contributed by atoms with Crippen LogP contribution in [0.25, 0.3) is 0 Å². The summed E-state index contributed by atoms with van der Waals surface area (Å²) >= 11 is 0. The molecule has 10 heteroatoms. The molecule has 2 aliphatic carbocycles. The minimum absolute atomic E-state index is 0.00740. The number of amides is 1. The Kier molecular flexibility index (Phi) is 6.31. The van der Waals surface area contributed by atoms with Gasteiger partial charge < -0.3 is 14.6 Å². The highest BCUT2D eigenvalue weighted by atomic mass is 19.4. The first-order valence-electron chi connectivity index (χ1n) is 12.5.